The summed E-state index contributed by atoms with van der Waals surface area (Å²) in [6.07, 6.45) is 2.38. The van der Waals surface area contributed by atoms with E-state index in [9.17, 15) is 9.90 Å². The molecule has 2 N–H and O–H groups in total. The van der Waals surface area contributed by atoms with E-state index in [0.29, 0.717) is 31.6 Å². The van der Waals surface area contributed by atoms with Crippen molar-refractivity contribution >= 4 is 10.9 Å². The van der Waals surface area contributed by atoms with Gasteiger partial charge in [0.25, 0.3) is 5.56 Å². The number of fused-ring (bicyclic) bond motifs is 1. The van der Waals surface area contributed by atoms with Gasteiger partial charge in [-0.2, -0.15) is 0 Å². The Balaban J connectivity index is 1.68. The number of benzene rings is 2. The van der Waals surface area contributed by atoms with Crippen molar-refractivity contribution in [3.8, 4) is 0 Å². The van der Waals surface area contributed by atoms with E-state index in [4.69, 9.17) is 0 Å². The molecule has 0 aliphatic heterocycles. The lowest BCUT2D eigenvalue weighted by molar-refractivity contribution is 0.148. The van der Waals surface area contributed by atoms with E-state index in [1.54, 1.807) is 0 Å². The molecule has 34 heavy (non-hydrogen) atoms. The van der Waals surface area contributed by atoms with Crippen molar-refractivity contribution < 1.29 is 5.11 Å². The van der Waals surface area contributed by atoms with Gasteiger partial charge in [-0.05, 0) is 59.3 Å². The van der Waals surface area contributed by atoms with Crippen molar-refractivity contribution in [2.24, 2.45) is 0 Å². The molecule has 8 heteroatoms. The summed E-state index contributed by atoms with van der Waals surface area (Å²) in [6.45, 7) is 5.91. The van der Waals surface area contributed by atoms with Crippen LogP contribution in [0.25, 0.3) is 10.9 Å². The fourth-order valence-corrected chi connectivity index (χ4v) is 4.39. The maximum atomic E-state index is 12.9. The summed E-state index contributed by atoms with van der Waals surface area (Å²) >= 11 is 0. The Morgan fingerprint density at radius 1 is 1.15 bits per heavy atom. The first-order valence-corrected chi connectivity index (χ1v) is 11.9. The highest BCUT2D eigenvalue weighted by atomic mass is 16.3. The number of tetrazole rings is 1. The number of aryl methyl sites for hydroxylation is 1. The number of H-pyrrole nitrogens is 1. The summed E-state index contributed by atoms with van der Waals surface area (Å²) < 4.78 is 1.84. The average molecular weight is 461 g/mol. The van der Waals surface area contributed by atoms with E-state index < -0.39 is 0 Å². The van der Waals surface area contributed by atoms with Gasteiger partial charge in [0.15, 0.2) is 5.82 Å². The monoisotopic (exact) mass is 460 g/mol. The SMILES string of the molecule is CCCC(c1nnnn1Cc1ccccc1)N(CCCO)Cc1cc2cc(C)ccc2[nH]c1=O. The molecule has 0 spiro atoms. The summed E-state index contributed by atoms with van der Waals surface area (Å²) in [7, 11) is 0. The van der Waals surface area contributed by atoms with Crippen molar-refractivity contribution in [3.05, 3.63) is 87.5 Å². The van der Waals surface area contributed by atoms with Crippen LogP contribution in [0.3, 0.4) is 0 Å². The van der Waals surface area contributed by atoms with Crippen LogP contribution in [0, 0.1) is 6.92 Å². The van der Waals surface area contributed by atoms with Gasteiger partial charge in [0.1, 0.15) is 0 Å². The standard InChI is InChI=1S/C26H32N6O2/c1-3-8-24(25-28-29-30-32(25)17-20-9-5-4-6-10-20)31(13-7-14-33)18-22-16-21-15-19(2)11-12-23(21)27-26(22)34/h4-6,9-12,15-16,24,33H,3,7-8,13-14,17-18H2,1-2H3,(H,27,34). The van der Waals surface area contributed by atoms with Crippen LogP contribution < -0.4 is 5.56 Å². The van der Waals surface area contributed by atoms with Gasteiger partial charge in [-0.15, -0.1) is 5.10 Å². The van der Waals surface area contributed by atoms with Crippen LogP contribution in [0.1, 0.15) is 54.7 Å². The topological polar surface area (TPSA) is 99.9 Å². The summed E-state index contributed by atoms with van der Waals surface area (Å²) in [5.74, 6) is 0.775. The Morgan fingerprint density at radius 2 is 1.97 bits per heavy atom. The third kappa shape index (κ3) is 5.58. The molecule has 0 saturated carbocycles. The Bertz CT molecular complexity index is 1270. The third-order valence-corrected chi connectivity index (χ3v) is 6.09. The number of aromatic amines is 1. The van der Waals surface area contributed by atoms with Gasteiger partial charge in [0.2, 0.25) is 0 Å². The lowest BCUT2D eigenvalue weighted by Crippen LogP contribution is -2.34. The normalized spacial score (nSPS) is 12.5. The molecule has 0 saturated heterocycles. The molecule has 0 amide bonds. The van der Waals surface area contributed by atoms with Crippen LogP contribution in [0.4, 0.5) is 0 Å². The van der Waals surface area contributed by atoms with Crippen LogP contribution >= 0.6 is 0 Å². The van der Waals surface area contributed by atoms with Gasteiger partial charge < -0.3 is 10.1 Å². The highest BCUT2D eigenvalue weighted by molar-refractivity contribution is 5.79. The van der Waals surface area contributed by atoms with Gasteiger partial charge in [0, 0.05) is 30.8 Å². The molecule has 0 aliphatic carbocycles. The largest absolute Gasteiger partial charge is 0.396 e. The fraction of sp³-hybridized carbons (Fsp3) is 0.385. The Hall–Kier alpha value is -3.36. The Kier molecular flexibility index (Phi) is 7.82. The van der Waals surface area contributed by atoms with E-state index in [1.807, 2.05) is 48.0 Å². The van der Waals surface area contributed by atoms with E-state index in [1.165, 1.54) is 0 Å². The zero-order chi connectivity index (χ0) is 23.9. The number of nitrogens with zero attached hydrogens (tertiary/aromatic N) is 5. The zero-order valence-electron chi connectivity index (χ0n) is 19.8. The van der Waals surface area contributed by atoms with Crippen molar-refractivity contribution in [2.75, 3.05) is 13.2 Å². The molecule has 0 aliphatic rings. The number of aliphatic hydroxyl groups is 1. The summed E-state index contributed by atoms with van der Waals surface area (Å²) in [5, 5.41) is 23.2. The molecule has 2 aromatic carbocycles. The number of aliphatic hydroxyl groups excluding tert-OH is 1. The zero-order valence-corrected chi connectivity index (χ0v) is 19.8. The Labute approximate surface area is 199 Å². The molecule has 178 valence electrons. The molecule has 4 aromatic rings. The predicted octanol–water partition coefficient (Wildman–Crippen LogP) is 3.60. The number of pyridine rings is 1. The van der Waals surface area contributed by atoms with E-state index in [-0.39, 0.29) is 18.2 Å². The molecule has 2 heterocycles. The van der Waals surface area contributed by atoms with Gasteiger partial charge in [-0.3, -0.25) is 9.69 Å². The first-order valence-electron chi connectivity index (χ1n) is 11.9. The van der Waals surface area contributed by atoms with Gasteiger partial charge in [-0.1, -0.05) is 55.3 Å². The number of rotatable bonds is 11. The molecular formula is C26H32N6O2. The average Bonchev–Trinajstić information content (AvgIpc) is 3.29. The van der Waals surface area contributed by atoms with Crippen molar-refractivity contribution in [3.63, 3.8) is 0 Å². The summed E-state index contributed by atoms with van der Waals surface area (Å²) in [4.78, 5) is 18.2. The molecule has 0 bridgehead atoms. The summed E-state index contributed by atoms with van der Waals surface area (Å²) in [6, 6.07) is 18.0. The lowest BCUT2D eigenvalue weighted by atomic mass is 10.1. The van der Waals surface area contributed by atoms with Gasteiger partial charge in [-0.25, -0.2) is 4.68 Å². The van der Waals surface area contributed by atoms with Gasteiger partial charge in [0.05, 0.1) is 12.6 Å². The first kappa shape index (κ1) is 23.8. The number of hydrogen-bond acceptors (Lipinski definition) is 6. The first-order chi connectivity index (χ1) is 16.6. The predicted molar refractivity (Wildman–Crippen MR) is 132 cm³/mol. The van der Waals surface area contributed by atoms with Crippen LogP contribution in [0.2, 0.25) is 0 Å². The third-order valence-electron chi connectivity index (χ3n) is 6.09. The second-order valence-electron chi connectivity index (χ2n) is 8.75. The minimum Gasteiger partial charge on any atom is -0.396 e. The number of hydrogen-bond donors (Lipinski definition) is 2. The number of aromatic nitrogens is 5. The molecule has 0 radical (unpaired) electrons. The smallest absolute Gasteiger partial charge is 0.252 e. The highest BCUT2D eigenvalue weighted by Crippen LogP contribution is 2.26. The van der Waals surface area contributed by atoms with Crippen LogP contribution in [-0.2, 0) is 13.1 Å². The molecule has 4 rings (SSSR count). The van der Waals surface area contributed by atoms with Crippen molar-refractivity contribution in [1.29, 1.82) is 0 Å². The van der Waals surface area contributed by atoms with E-state index >= 15 is 0 Å². The minimum absolute atomic E-state index is 0.0807. The fourth-order valence-electron chi connectivity index (χ4n) is 4.39. The second kappa shape index (κ2) is 11.2. The number of nitrogens with one attached hydrogen (secondary N) is 1. The molecule has 0 fully saturated rings. The van der Waals surface area contributed by atoms with Crippen LogP contribution in [-0.4, -0.2) is 48.3 Å². The molecule has 1 unspecified atom stereocenters. The summed E-state index contributed by atoms with van der Waals surface area (Å²) in [5.41, 5.74) is 3.70. The van der Waals surface area contributed by atoms with Crippen molar-refractivity contribution in [1.82, 2.24) is 30.1 Å². The highest BCUT2D eigenvalue weighted by Gasteiger charge is 2.26. The quantitative estimate of drug-likeness (QED) is 0.355. The van der Waals surface area contributed by atoms with Crippen LogP contribution in [0.5, 0.6) is 0 Å². The molecule has 2 aromatic heterocycles. The van der Waals surface area contributed by atoms with E-state index in [0.717, 1.165) is 40.7 Å². The Morgan fingerprint density at radius 3 is 2.74 bits per heavy atom. The maximum absolute atomic E-state index is 12.9. The maximum Gasteiger partial charge on any atom is 0.252 e. The molecule has 1 atom stereocenters. The molecular weight excluding hydrogens is 428 g/mol. The van der Waals surface area contributed by atoms with Crippen molar-refractivity contribution in [2.45, 2.75) is 52.2 Å². The lowest BCUT2D eigenvalue weighted by Gasteiger charge is -2.30. The second-order valence-corrected chi connectivity index (χ2v) is 8.75. The van der Waals surface area contributed by atoms with Gasteiger partial charge >= 0.3 is 0 Å². The van der Waals surface area contributed by atoms with E-state index in [2.05, 4.69) is 50.5 Å². The van der Waals surface area contributed by atoms with Crippen LogP contribution in [0.15, 0.2) is 59.4 Å². The molecule has 8 nitrogen and oxygen atoms in total. The minimum atomic E-state index is -0.0931.